The predicted molar refractivity (Wildman–Crippen MR) is 109 cm³/mol. The van der Waals surface area contributed by atoms with Crippen molar-refractivity contribution >= 4 is 23.4 Å². The minimum atomic E-state index is -0.214. The van der Waals surface area contributed by atoms with Gasteiger partial charge in [-0.25, -0.2) is 0 Å². The molecular formula is C21H20N4OS. The number of para-hydroxylation sites is 1. The summed E-state index contributed by atoms with van der Waals surface area (Å²) < 4.78 is 2.01. The van der Waals surface area contributed by atoms with Gasteiger partial charge in [0, 0.05) is 17.8 Å². The molecule has 0 saturated heterocycles. The SMILES string of the molecule is C=CCn1c(S[C@H]2CCc3ccccc3NC2=O)nnc1-c1ccccc1. The van der Waals surface area contributed by atoms with Crippen LogP contribution in [0.3, 0.4) is 0 Å². The second-order valence-corrected chi connectivity index (χ2v) is 7.53. The zero-order chi connectivity index (χ0) is 18.6. The highest BCUT2D eigenvalue weighted by Gasteiger charge is 2.27. The lowest BCUT2D eigenvalue weighted by Crippen LogP contribution is -2.24. The molecule has 0 bridgehead atoms. The van der Waals surface area contributed by atoms with Gasteiger partial charge in [-0.15, -0.1) is 16.8 Å². The fraction of sp³-hybridized carbons (Fsp3) is 0.190. The molecule has 6 heteroatoms. The van der Waals surface area contributed by atoms with Crippen LogP contribution in [-0.4, -0.2) is 25.9 Å². The lowest BCUT2D eigenvalue weighted by Gasteiger charge is -2.13. The van der Waals surface area contributed by atoms with E-state index in [9.17, 15) is 4.79 Å². The normalized spacial score (nSPS) is 16.3. The number of rotatable bonds is 5. The van der Waals surface area contributed by atoms with Crippen LogP contribution in [0.2, 0.25) is 0 Å². The number of thioether (sulfide) groups is 1. The Labute approximate surface area is 162 Å². The first kappa shape index (κ1) is 17.5. The predicted octanol–water partition coefficient (Wildman–Crippen LogP) is 4.18. The highest BCUT2D eigenvalue weighted by Crippen LogP contribution is 2.32. The number of benzene rings is 2. The highest BCUT2D eigenvalue weighted by atomic mass is 32.2. The number of carbonyl (C=O) groups excluding carboxylic acids is 1. The molecule has 1 aromatic heterocycles. The van der Waals surface area contributed by atoms with Crippen LogP contribution in [0.5, 0.6) is 0 Å². The van der Waals surface area contributed by atoms with Crippen molar-refractivity contribution in [3.8, 4) is 11.4 Å². The molecule has 1 atom stereocenters. The van der Waals surface area contributed by atoms with Gasteiger partial charge in [0.05, 0.1) is 5.25 Å². The first-order valence-electron chi connectivity index (χ1n) is 8.91. The zero-order valence-electron chi connectivity index (χ0n) is 14.8. The summed E-state index contributed by atoms with van der Waals surface area (Å²) in [6.45, 7) is 4.44. The number of allylic oxidation sites excluding steroid dienone is 1. The number of nitrogens with zero attached hydrogens (tertiary/aromatic N) is 3. The van der Waals surface area contributed by atoms with Crippen molar-refractivity contribution in [2.24, 2.45) is 0 Å². The van der Waals surface area contributed by atoms with Crippen LogP contribution in [0.15, 0.2) is 72.4 Å². The monoisotopic (exact) mass is 376 g/mol. The molecule has 0 radical (unpaired) electrons. The third-order valence-corrected chi connectivity index (χ3v) is 5.80. The van der Waals surface area contributed by atoms with E-state index < -0.39 is 0 Å². The van der Waals surface area contributed by atoms with Crippen LogP contribution in [0.1, 0.15) is 12.0 Å². The number of fused-ring (bicyclic) bond motifs is 1. The van der Waals surface area contributed by atoms with E-state index in [1.165, 1.54) is 17.3 Å². The van der Waals surface area contributed by atoms with Crippen molar-refractivity contribution in [2.75, 3.05) is 5.32 Å². The van der Waals surface area contributed by atoms with E-state index in [0.29, 0.717) is 6.54 Å². The van der Waals surface area contributed by atoms with E-state index in [1.807, 2.05) is 59.2 Å². The molecule has 2 heterocycles. The quantitative estimate of drug-likeness (QED) is 0.679. The lowest BCUT2D eigenvalue weighted by molar-refractivity contribution is -0.115. The summed E-state index contributed by atoms with van der Waals surface area (Å²) in [5.74, 6) is 0.801. The zero-order valence-corrected chi connectivity index (χ0v) is 15.7. The standard InChI is InChI=1S/C21H20N4OS/c1-2-14-25-19(16-9-4-3-5-10-16)23-24-21(25)27-18-13-12-15-8-6-7-11-17(15)22-20(18)26/h2-11,18H,1,12-14H2,(H,22,26)/t18-/m0/s1. The molecule has 3 aromatic rings. The van der Waals surface area contributed by atoms with E-state index >= 15 is 0 Å². The van der Waals surface area contributed by atoms with Crippen LogP contribution in [-0.2, 0) is 17.8 Å². The Morgan fingerprint density at radius 1 is 1.15 bits per heavy atom. The van der Waals surface area contributed by atoms with E-state index in [4.69, 9.17) is 0 Å². The lowest BCUT2D eigenvalue weighted by atomic mass is 10.1. The van der Waals surface area contributed by atoms with Crippen molar-refractivity contribution in [2.45, 2.75) is 29.8 Å². The van der Waals surface area contributed by atoms with E-state index in [2.05, 4.69) is 28.2 Å². The minimum absolute atomic E-state index is 0.0133. The fourth-order valence-corrected chi connectivity index (χ4v) is 4.23. The smallest absolute Gasteiger partial charge is 0.237 e. The summed E-state index contributed by atoms with van der Waals surface area (Å²) in [6, 6.07) is 17.9. The average Bonchev–Trinajstić information content (AvgIpc) is 3.01. The Kier molecular flexibility index (Phi) is 5.07. The Morgan fingerprint density at radius 2 is 1.93 bits per heavy atom. The average molecular weight is 376 g/mol. The van der Waals surface area contributed by atoms with Gasteiger partial charge >= 0.3 is 0 Å². The maximum Gasteiger partial charge on any atom is 0.237 e. The maximum absolute atomic E-state index is 12.7. The molecule has 1 aliphatic heterocycles. The van der Waals surface area contributed by atoms with Gasteiger partial charge in [0.1, 0.15) is 0 Å². The van der Waals surface area contributed by atoms with Gasteiger partial charge in [0.2, 0.25) is 5.91 Å². The van der Waals surface area contributed by atoms with Crippen LogP contribution in [0.4, 0.5) is 5.69 Å². The molecule has 27 heavy (non-hydrogen) atoms. The van der Waals surface area contributed by atoms with Crippen LogP contribution < -0.4 is 5.32 Å². The summed E-state index contributed by atoms with van der Waals surface area (Å²) in [6.07, 6.45) is 3.44. The third-order valence-electron chi connectivity index (χ3n) is 4.55. The van der Waals surface area contributed by atoms with E-state index in [-0.39, 0.29) is 11.2 Å². The van der Waals surface area contributed by atoms with Crippen LogP contribution >= 0.6 is 11.8 Å². The van der Waals surface area contributed by atoms with Crippen LogP contribution in [0.25, 0.3) is 11.4 Å². The number of anilines is 1. The van der Waals surface area contributed by atoms with E-state index in [0.717, 1.165) is 35.1 Å². The topological polar surface area (TPSA) is 59.8 Å². The second-order valence-electron chi connectivity index (χ2n) is 6.36. The summed E-state index contributed by atoms with van der Waals surface area (Å²) in [5, 5.41) is 12.3. The second kappa shape index (κ2) is 7.80. The van der Waals surface area contributed by atoms with Gasteiger partial charge in [-0.1, -0.05) is 66.4 Å². The number of hydrogen-bond acceptors (Lipinski definition) is 4. The maximum atomic E-state index is 12.7. The first-order chi connectivity index (χ1) is 13.3. The molecule has 136 valence electrons. The fourth-order valence-electron chi connectivity index (χ4n) is 3.20. The Bertz CT molecular complexity index is 967. The van der Waals surface area contributed by atoms with Gasteiger partial charge in [0.15, 0.2) is 11.0 Å². The summed E-state index contributed by atoms with van der Waals surface area (Å²) in [5.41, 5.74) is 3.08. The summed E-state index contributed by atoms with van der Waals surface area (Å²) in [7, 11) is 0. The van der Waals surface area contributed by atoms with Gasteiger partial charge in [0.25, 0.3) is 0 Å². The summed E-state index contributed by atoms with van der Waals surface area (Å²) >= 11 is 1.47. The van der Waals surface area contributed by atoms with Gasteiger partial charge in [-0.05, 0) is 24.5 Å². The Hall–Kier alpha value is -2.86. The Morgan fingerprint density at radius 3 is 2.74 bits per heavy atom. The molecule has 0 fully saturated rings. The number of hydrogen-bond donors (Lipinski definition) is 1. The number of nitrogens with one attached hydrogen (secondary N) is 1. The summed E-state index contributed by atoms with van der Waals surface area (Å²) in [4.78, 5) is 12.7. The van der Waals surface area contributed by atoms with Crippen molar-refractivity contribution < 1.29 is 4.79 Å². The molecule has 1 amide bonds. The molecule has 0 spiro atoms. The molecule has 0 unspecified atom stereocenters. The largest absolute Gasteiger partial charge is 0.325 e. The molecule has 1 aliphatic rings. The third kappa shape index (κ3) is 3.66. The molecule has 5 nitrogen and oxygen atoms in total. The number of carbonyl (C=O) groups is 1. The number of aryl methyl sites for hydroxylation is 1. The van der Waals surface area contributed by atoms with E-state index in [1.54, 1.807) is 0 Å². The molecule has 0 saturated carbocycles. The number of amides is 1. The van der Waals surface area contributed by atoms with Crippen molar-refractivity contribution in [1.82, 2.24) is 14.8 Å². The molecule has 2 aromatic carbocycles. The number of aromatic nitrogens is 3. The molecular weight excluding hydrogens is 356 g/mol. The van der Waals surface area contributed by atoms with Crippen LogP contribution in [0, 0.1) is 0 Å². The first-order valence-corrected chi connectivity index (χ1v) is 9.79. The molecule has 0 aliphatic carbocycles. The van der Waals surface area contributed by atoms with Gasteiger partial charge in [-0.2, -0.15) is 0 Å². The Balaban J connectivity index is 1.60. The molecule has 4 rings (SSSR count). The van der Waals surface area contributed by atoms with Crippen molar-refractivity contribution in [3.63, 3.8) is 0 Å². The molecule has 1 N–H and O–H groups in total. The van der Waals surface area contributed by atoms with Gasteiger partial charge in [-0.3, -0.25) is 9.36 Å². The van der Waals surface area contributed by atoms with Crippen molar-refractivity contribution in [1.29, 1.82) is 0 Å². The van der Waals surface area contributed by atoms with Gasteiger partial charge < -0.3 is 5.32 Å². The van der Waals surface area contributed by atoms with Crippen molar-refractivity contribution in [3.05, 3.63) is 72.8 Å². The minimum Gasteiger partial charge on any atom is -0.325 e. The highest BCUT2D eigenvalue weighted by molar-refractivity contribution is 8.00.